The van der Waals surface area contributed by atoms with E-state index >= 15 is 0 Å². The molecule has 0 heterocycles. The molecule has 0 aliphatic heterocycles. The molecule has 2 atom stereocenters. The van der Waals surface area contributed by atoms with Gasteiger partial charge in [0.2, 0.25) is 0 Å². The van der Waals surface area contributed by atoms with Crippen LogP contribution >= 0.6 is 7.82 Å². The summed E-state index contributed by atoms with van der Waals surface area (Å²) in [5.74, 6) is -0.312. The van der Waals surface area contributed by atoms with Gasteiger partial charge in [0.1, 0.15) is 19.3 Å². The van der Waals surface area contributed by atoms with E-state index in [4.69, 9.17) is 18.5 Å². The van der Waals surface area contributed by atoms with Gasteiger partial charge in [-0.2, -0.15) is 0 Å². The maximum Gasteiger partial charge on any atom is 0.472 e. The molecule has 0 radical (unpaired) electrons. The minimum Gasteiger partial charge on any atom is -0.457 e. The molecule has 0 aliphatic rings. The maximum absolute atomic E-state index is 12.7. The number of likely N-dealkylation sites (N-methyl/N-ethyl adjacent to an activating group) is 1. The van der Waals surface area contributed by atoms with Crippen molar-refractivity contribution in [1.82, 2.24) is 0 Å². The van der Waals surface area contributed by atoms with Crippen molar-refractivity contribution in [3.05, 3.63) is 12.2 Å². The van der Waals surface area contributed by atoms with E-state index in [1.54, 1.807) is 0 Å². The Hall–Kier alpha value is -0.760. The number of unbranched alkanes of at least 4 members (excludes halogenated alkanes) is 26. The third-order valence-corrected chi connectivity index (χ3v) is 10.8. The second kappa shape index (κ2) is 38.1. The highest BCUT2D eigenvalue weighted by atomic mass is 31.2. The first-order valence-electron chi connectivity index (χ1n) is 22.4. The number of carbonyl (C=O) groups is 1. The standard InChI is InChI=1S/C44H88NO7P/c1-6-8-10-12-14-16-18-20-22-24-26-28-30-32-34-36-39-49-41-43(42-51-53(47,48)50-40-38-45(3,4)5)52-44(46)37-35-33-31-29-27-25-23-21-19-17-15-13-11-9-7-2/h20,22,43H,6-19,21,23-42H2,1-5H3/p+1/b22-20-/t43-/m1/s1. The lowest BCUT2D eigenvalue weighted by Crippen LogP contribution is -2.37. The largest absolute Gasteiger partial charge is 0.472 e. The fourth-order valence-electron chi connectivity index (χ4n) is 6.31. The van der Waals surface area contributed by atoms with Crippen molar-refractivity contribution in [2.45, 2.75) is 213 Å². The summed E-state index contributed by atoms with van der Waals surface area (Å²) in [5.41, 5.74) is 0. The Balaban J connectivity index is 4.21. The molecule has 0 saturated heterocycles. The number of esters is 1. The Morgan fingerprint density at radius 1 is 0.566 bits per heavy atom. The molecule has 0 aromatic heterocycles. The summed E-state index contributed by atoms with van der Waals surface area (Å²) in [6.07, 6.45) is 40.9. The minimum absolute atomic E-state index is 0.0907. The van der Waals surface area contributed by atoms with Crippen LogP contribution in [0.25, 0.3) is 0 Å². The van der Waals surface area contributed by atoms with Gasteiger partial charge in [-0.1, -0.05) is 174 Å². The highest BCUT2D eigenvalue weighted by Gasteiger charge is 2.26. The Bertz CT molecular complexity index is 863. The van der Waals surface area contributed by atoms with Gasteiger partial charge in [-0.3, -0.25) is 13.8 Å². The molecule has 8 nitrogen and oxygen atoms in total. The summed E-state index contributed by atoms with van der Waals surface area (Å²) in [6.45, 7) is 5.64. The van der Waals surface area contributed by atoms with Crippen molar-refractivity contribution in [1.29, 1.82) is 0 Å². The van der Waals surface area contributed by atoms with Crippen molar-refractivity contribution in [3.63, 3.8) is 0 Å². The molecular weight excluding hydrogens is 685 g/mol. The van der Waals surface area contributed by atoms with Gasteiger partial charge >= 0.3 is 13.8 Å². The van der Waals surface area contributed by atoms with Gasteiger partial charge in [-0.25, -0.2) is 4.57 Å². The van der Waals surface area contributed by atoms with E-state index in [0.29, 0.717) is 24.1 Å². The second-order valence-corrected chi connectivity index (χ2v) is 17.9. The number of rotatable bonds is 42. The van der Waals surface area contributed by atoms with Gasteiger partial charge in [-0.05, 0) is 38.5 Å². The van der Waals surface area contributed by atoms with E-state index in [-0.39, 0.29) is 25.8 Å². The van der Waals surface area contributed by atoms with Gasteiger partial charge in [0.25, 0.3) is 0 Å². The summed E-state index contributed by atoms with van der Waals surface area (Å²) in [6, 6.07) is 0. The zero-order valence-electron chi connectivity index (χ0n) is 35.8. The van der Waals surface area contributed by atoms with Crippen LogP contribution in [0.1, 0.15) is 206 Å². The Morgan fingerprint density at radius 2 is 0.981 bits per heavy atom. The molecule has 53 heavy (non-hydrogen) atoms. The minimum atomic E-state index is -4.27. The third kappa shape index (κ3) is 42.2. The average Bonchev–Trinajstić information content (AvgIpc) is 3.11. The lowest BCUT2D eigenvalue weighted by atomic mass is 10.0. The quantitative estimate of drug-likeness (QED) is 0.0217. The second-order valence-electron chi connectivity index (χ2n) is 16.4. The van der Waals surface area contributed by atoms with Gasteiger partial charge in [0, 0.05) is 13.0 Å². The predicted molar refractivity (Wildman–Crippen MR) is 224 cm³/mol. The molecule has 0 rings (SSSR count). The van der Waals surface area contributed by atoms with E-state index < -0.39 is 13.9 Å². The summed E-state index contributed by atoms with van der Waals surface area (Å²) in [4.78, 5) is 22.9. The third-order valence-electron chi connectivity index (χ3n) is 9.83. The van der Waals surface area contributed by atoms with Crippen LogP contribution in [-0.4, -0.2) is 75.6 Å². The fourth-order valence-corrected chi connectivity index (χ4v) is 7.05. The normalized spacial score (nSPS) is 13.8. The van der Waals surface area contributed by atoms with E-state index in [0.717, 1.165) is 32.1 Å². The molecule has 1 N–H and O–H groups in total. The van der Waals surface area contributed by atoms with Crippen LogP contribution < -0.4 is 0 Å². The van der Waals surface area contributed by atoms with Crippen LogP contribution in [-0.2, 0) is 27.9 Å². The van der Waals surface area contributed by atoms with Crippen molar-refractivity contribution in [2.75, 3.05) is 54.1 Å². The number of ether oxygens (including phenoxy) is 2. The highest BCUT2D eigenvalue weighted by Crippen LogP contribution is 2.43. The molecule has 316 valence electrons. The van der Waals surface area contributed by atoms with E-state index in [9.17, 15) is 14.3 Å². The number of allylic oxidation sites excluding steroid dienone is 2. The maximum atomic E-state index is 12.7. The van der Waals surface area contributed by atoms with Crippen LogP contribution in [0, 0.1) is 0 Å². The predicted octanol–water partition coefficient (Wildman–Crippen LogP) is 13.1. The topological polar surface area (TPSA) is 91.3 Å². The van der Waals surface area contributed by atoms with Crippen LogP contribution in [0.3, 0.4) is 0 Å². The first-order valence-corrected chi connectivity index (χ1v) is 23.9. The van der Waals surface area contributed by atoms with Crippen LogP contribution in [0.4, 0.5) is 0 Å². The molecule has 0 aromatic rings. The lowest BCUT2D eigenvalue weighted by Gasteiger charge is -2.24. The van der Waals surface area contributed by atoms with Crippen molar-refractivity contribution in [2.24, 2.45) is 0 Å². The zero-order chi connectivity index (χ0) is 39.1. The smallest absolute Gasteiger partial charge is 0.457 e. The monoisotopic (exact) mass is 775 g/mol. The first kappa shape index (κ1) is 52.2. The summed E-state index contributed by atoms with van der Waals surface area (Å²) < 4.78 is 35.0. The number of carbonyl (C=O) groups excluding carboxylic acids is 1. The zero-order valence-corrected chi connectivity index (χ0v) is 36.7. The Labute approximate surface area is 329 Å². The van der Waals surface area contributed by atoms with Gasteiger partial charge < -0.3 is 18.9 Å². The van der Waals surface area contributed by atoms with Crippen molar-refractivity contribution in [3.8, 4) is 0 Å². The molecule has 9 heteroatoms. The number of hydrogen-bond acceptors (Lipinski definition) is 6. The fraction of sp³-hybridized carbons (Fsp3) is 0.932. The Kier molecular flexibility index (Phi) is 37.6. The number of quaternary nitrogens is 1. The van der Waals surface area contributed by atoms with Crippen LogP contribution in [0.2, 0.25) is 0 Å². The molecule has 0 fully saturated rings. The number of phosphoric acid groups is 1. The van der Waals surface area contributed by atoms with E-state index in [2.05, 4.69) is 26.0 Å². The average molecular weight is 775 g/mol. The molecule has 0 amide bonds. The molecule has 0 aliphatic carbocycles. The van der Waals surface area contributed by atoms with E-state index in [1.165, 1.54) is 154 Å². The van der Waals surface area contributed by atoms with Gasteiger partial charge in [0.05, 0.1) is 34.4 Å². The molecule has 0 aromatic carbocycles. The van der Waals surface area contributed by atoms with E-state index in [1.807, 2.05) is 21.1 Å². The van der Waals surface area contributed by atoms with Gasteiger partial charge in [-0.15, -0.1) is 0 Å². The summed E-state index contributed by atoms with van der Waals surface area (Å²) in [5, 5.41) is 0. The molecule has 1 unspecified atom stereocenters. The SMILES string of the molecule is CCCCCCCC/C=C\CCCCCCCCOC[C@H](COP(=O)(O)OCC[N+](C)(C)C)OC(=O)CCCCCCCCCCCCCCCCC. The highest BCUT2D eigenvalue weighted by molar-refractivity contribution is 7.47. The number of phosphoric ester groups is 1. The Morgan fingerprint density at radius 3 is 1.43 bits per heavy atom. The van der Waals surface area contributed by atoms with Crippen molar-refractivity contribution >= 4 is 13.8 Å². The summed E-state index contributed by atoms with van der Waals surface area (Å²) >= 11 is 0. The number of nitrogens with zero attached hydrogens (tertiary/aromatic N) is 1. The number of hydrogen-bond donors (Lipinski definition) is 1. The van der Waals surface area contributed by atoms with Crippen molar-refractivity contribution < 1.29 is 37.3 Å². The van der Waals surface area contributed by atoms with Crippen LogP contribution in [0.5, 0.6) is 0 Å². The molecule has 0 bridgehead atoms. The van der Waals surface area contributed by atoms with Gasteiger partial charge in [0.15, 0.2) is 0 Å². The molecule has 0 saturated carbocycles. The first-order chi connectivity index (χ1) is 25.6. The lowest BCUT2D eigenvalue weighted by molar-refractivity contribution is -0.870. The summed E-state index contributed by atoms with van der Waals surface area (Å²) in [7, 11) is 1.67. The molecule has 0 spiro atoms. The van der Waals surface area contributed by atoms with Crippen LogP contribution in [0.15, 0.2) is 12.2 Å². The molecular formula is C44H89NO7P+.